The van der Waals surface area contributed by atoms with Crippen LogP contribution in [0, 0.1) is 34.0 Å². The molecule has 0 aliphatic rings. The molecule has 1 aromatic carbocycles. The van der Waals surface area contributed by atoms with Crippen molar-refractivity contribution in [1.29, 1.82) is 15.8 Å². The first-order valence-electron chi connectivity index (χ1n) is 4.54. The first kappa shape index (κ1) is 10.8. The van der Waals surface area contributed by atoms with Crippen LogP contribution in [-0.2, 0) is 19.3 Å². The van der Waals surface area contributed by atoms with Crippen molar-refractivity contribution in [3.05, 3.63) is 34.9 Å². The molecule has 1 aromatic rings. The molecule has 3 heteroatoms. The van der Waals surface area contributed by atoms with E-state index in [1.165, 1.54) is 0 Å². The van der Waals surface area contributed by atoms with Crippen molar-refractivity contribution < 1.29 is 0 Å². The molecule has 0 aliphatic heterocycles. The molecule has 0 amide bonds. The lowest BCUT2D eigenvalue weighted by Crippen LogP contribution is -1.98. The topological polar surface area (TPSA) is 71.4 Å². The highest BCUT2D eigenvalue weighted by Crippen LogP contribution is 2.16. The van der Waals surface area contributed by atoms with Gasteiger partial charge in [0.2, 0.25) is 0 Å². The lowest BCUT2D eigenvalue weighted by atomic mass is 9.95. The highest BCUT2D eigenvalue weighted by Gasteiger charge is 2.07. The number of hydrogen-bond donors (Lipinski definition) is 0. The summed E-state index contributed by atoms with van der Waals surface area (Å²) in [6, 6.07) is 11.7. The summed E-state index contributed by atoms with van der Waals surface area (Å²) in [6.45, 7) is 0. The highest BCUT2D eigenvalue weighted by molar-refractivity contribution is 5.39. The second kappa shape index (κ2) is 5.43. The van der Waals surface area contributed by atoms with Gasteiger partial charge in [0.15, 0.2) is 0 Å². The van der Waals surface area contributed by atoms with Gasteiger partial charge in [-0.1, -0.05) is 18.2 Å². The van der Waals surface area contributed by atoms with E-state index in [0.29, 0.717) is 0 Å². The van der Waals surface area contributed by atoms with Crippen LogP contribution in [0.15, 0.2) is 18.2 Å². The van der Waals surface area contributed by atoms with Crippen LogP contribution in [0.4, 0.5) is 0 Å². The zero-order valence-corrected chi connectivity index (χ0v) is 8.20. The monoisotopic (exact) mass is 195 g/mol. The zero-order chi connectivity index (χ0) is 11.1. The number of benzene rings is 1. The van der Waals surface area contributed by atoms with Crippen LogP contribution in [-0.4, -0.2) is 0 Å². The smallest absolute Gasteiger partial charge is 0.0669 e. The normalized spacial score (nSPS) is 8.60. The summed E-state index contributed by atoms with van der Waals surface area (Å²) in [7, 11) is 0. The molecule has 0 N–H and O–H groups in total. The summed E-state index contributed by atoms with van der Waals surface area (Å²) >= 11 is 0. The molecule has 0 saturated heterocycles. The van der Waals surface area contributed by atoms with E-state index in [1.54, 1.807) is 0 Å². The molecule has 72 valence electrons. The Morgan fingerprint density at radius 2 is 1.27 bits per heavy atom. The Balaban J connectivity index is 3.18. The zero-order valence-electron chi connectivity index (χ0n) is 8.20. The van der Waals surface area contributed by atoms with Crippen LogP contribution >= 0.6 is 0 Å². The third-order valence-corrected chi connectivity index (χ3v) is 2.16. The fourth-order valence-corrected chi connectivity index (χ4v) is 1.50. The molecule has 0 aromatic heterocycles. The quantitative estimate of drug-likeness (QED) is 0.739. The molecule has 3 nitrogen and oxygen atoms in total. The van der Waals surface area contributed by atoms with E-state index in [2.05, 4.69) is 18.2 Å². The average molecular weight is 195 g/mol. The molecule has 0 bridgehead atoms. The first-order valence-corrected chi connectivity index (χ1v) is 4.54. The first-order chi connectivity index (χ1) is 7.33. The van der Waals surface area contributed by atoms with E-state index < -0.39 is 0 Å². The maximum atomic E-state index is 8.69. The van der Waals surface area contributed by atoms with Gasteiger partial charge in [0.25, 0.3) is 0 Å². The molecule has 15 heavy (non-hydrogen) atoms. The van der Waals surface area contributed by atoms with E-state index in [4.69, 9.17) is 15.8 Å². The summed E-state index contributed by atoms with van der Waals surface area (Å²) in [6.07, 6.45) is 0.835. The summed E-state index contributed by atoms with van der Waals surface area (Å²) in [5, 5.41) is 26.0. The second-order valence-electron chi connectivity index (χ2n) is 3.06. The summed E-state index contributed by atoms with van der Waals surface area (Å²) < 4.78 is 0. The van der Waals surface area contributed by atoms with Crippen molar-refractivity contribution in [2.45, 2.75) is 19.3 Å². The van der Waals surface area contributed by atoms with Crippen LogP contribution in [0.25, 0.3) is 0 Å². The van der Waals surface area contributed by atoms with Gasteiger partial charge in [0.05, 0.1) is 37.5 Å². The van der Waals surface area contributed by atoms with Crippen molar-refractivity contribution in [3.63, 3.8) is 0 Å². The van der Waals surface area contributed by atoms with Crippen molar-refractivity contribution in [2.24, 2.45) is 0 Å². The van der Waals surface area contributed by atoms with E-state index in [1.807, 2.05) is 18.2 Å². The van der Waals surface area contributed by atoms with Crippen LogP contribution in [0.2, 0.25) is 0 Å². The molecule has 0 atom stereocenters. The summed E-state index contributed by atoms with van der Waals surface area (Å²) in [5.41, 5.74) is 2.54. The van der Waals surface area contributed by atoms with Crippen molar-refractivity contribution in [2.75, 3.05) is 0 Å². The molecular formula is C12H9N3. The van der Waals surface area contributed by atoms with Crippen LogP contribution in [0.5, 0.6) is 0 Å². The number of nitriles is 3. The van der Waals surface area contributed by atoms with E-state index >= 15 is 0 Å². The molecule has 0 saturated carbocycles. The fraction of sp³-hybridized carbons (Fsp3) is 0.250. The van der Waals surface area contributed by atoms with Crippen molar-refractivity contribution >= 4 is 0 Å². The van der Waals surface area contributed by atoms with E-state index in [-0.39, 0.29) is 19.3 Å². The van der Waals surface area contributed by atoms with Gasteiger partial charge >= 0.3 is 0 Å². The minimum Gasteiger partial charge on any atom is -0.198 e. The van der Waals surface area contributed by atoms with Gasteiger partial charge in [0.1, 0.15) is 0 Å². The Bertz CT molecular complexity index is 435. The van der Waals surface area contributed by atoms with E-state index in [0.717, 1.165) is 16.7 Å². The maximum absolute atomic E-state index is 8.69. The molecule has 0 aliphatic carbocycles. The number of hydrogen-bond acceptors (Lipinski definition) is 3. The Morgan fingerprint density at radius 1 is 0.800 bits per heavy atom. The summed E-state index contributed by atoms with van der Waals surface area (Å²) in [5.74, 6) is 0. The van der Waals surface area contributed by atoms with Crippen molar-refractivity contribution in [3.8, 4) is 18.2 Å². The lowest BCUT2D eigenvalue weighted by Gasteiger charge is -2.07. The standard InChI is InChI=1S/C12H9N3/c13-7-4-10-2-1-3-11(5-8-14)12(10)6-9-15/h1-3H,4-6H2. The van der Waals surface area contributed by atoms with Gasteiger partial charge < -0.3 is 0 Å². The molecular weight excluding hydrogens is 186 g/mol. The van der Waals surface area contributed by atoms with Crippen LogP contribution in [0.3, 0.4) is 0 Å². The molecule has 0 fully saturated rings. The minimum atomic E-state index is 0.259. The predicted octanol–water partition coefficient (Wildman–Crippen LogP) is 1.88. The summed E-state index contributed by atoms with van der Waals surface area (Å²) in [4.78, 5) is 0. The molecule has 1 rings (SSSR count). The third-order valence-electron chi connectivity index (χ3n) is 2.16. The van der Waals surface area contributed by atoms with E-state index in [9.17, 15) is 0 Å². The van der Waals surface area contributed by atoms with Gasteiger partial charge in [-0.15, -0.1) is 0 Å². The SMILES string of the molecule is N#CCc1cccc(CC#N)c1CC#N. The van der Waals surface area contributed by atoms with Gasteiger partial charge in [-0.05, 0) is 16.7 Å². The lowest BCUT2D eigenvalue weighted by molar-refractivity contribution is 1.09. The number of rotatable bonds is 3. The minimum absolute atomic E-state index is 0.259. The molecule has 0 unspecified atom stereocenters. The Kier molecular flexibility index (Phi) is 3.90. The van der Waals surface area contributed by atoms with Gasteiger partial charge in [-0.2, -0.15) is 15.8 Å². The van der Waals surface area contributed by atoms with Crippen molar-refractivity contribution in [1.82, 2.24) is 0 Å². The maximum Gasteiger partial charge on any atom is 0.0669 e. The second-order valence-corrected chi connectivity index (χ2v) is 3.06. The van der Waals surface area contributed by atoms with Crippen LogP contribution < -0.4 is 0 Å². The van der Waals surface area contributed by atoms with Crippen LogP contribution in [0.1, 0.15) is 16.7 Å². The Morgan fingerprint density at radius 3 is 1.67 bits per heavy atom. The largest absolute Gasteiger partial charge is 0.198 e. The third kappa shape index (κ3) is 2.56. The van der Waals surface area contributed by atoms with Gasteiger partial charge in [0, 0.05) is 0 Å². The number of nitrogens with zero attached hydrogens (tertiary/aromatic N) is 3. The average Bonchev–Trinajstić information content (AvgIpc) is 2.23. The van der Waals surface area contributed by atoms with Gasteiger partial charge in [-0.3, -0.25) is 0 Å². The Labute approximate surface area is 88.8 Å². The molecule has 0 heterocycles. The highest BCUT2D eigenvalue weighted by atomic mass is 14.3. The van der Waals surface area contributed by atoms with Gasteiger partial charge in [-0.25, -0.2) is 0 Å². The fourth-order valence-electron chi connectivity index (χ4n) is 1.50. The molecule has 0 spiro atoms. The molecule has 0 radical (unpaired) electrons. The predicted molar refractivity (Wildman–Crippen MR) is 54.4 cm³/mol. The Hall–Kier alpha value is -2.31.